The summed E-state index contributed by atoms with van der Waals surface area (Å²) in [6.45, 7) is 2.25. The fraction of sp³-hybridized carbons (Fsp3) is 0.818. The van der Waals surface area contributed by atoms with E-state index in [2.05, 4.69) is 5.32 Å². The maximum atomic E-state index is 11.2. The molecule has 0 aromatic heterocycles. The second-order valence-corrected chi connectivity index (χ2v) is 3.85. The molecule has 0 aliphatic heterocycles. The zero-order chi connectivity index (χ0) is 12.4. The van der Waals surface area contributed by atoms with E-state index >= 15 is 0 Å². The number of unbranched alkanes of at least 4 members (excludes halogenated alkanes) is 1. The lowest BCUT2D eigenvalue weighted by molar-refractivity contribution is -0.137. The van der Waals surface area contributed by atoms with Crippen molar-refractivity contribution >= 4 is 11.9 Å². The number of aliphatic carboxylic acids is 1. The van der Waals surface area contributed by atoms with E-state index < -0.39 is 12.1 Å². The summed E-state index contributed by atoms with van der Waals surface area (Å²) in [5.74, 6) is -0.959. The Hall–Kier alpha value is -1.10. The Kier molecular flexibility index (Phi) is 8.52. The summed E-state index contributed by atoms with van der Waals surface area (Å²) in [6, 6.07) is 0. The minimum Gasteiger partial charge on any atom is -0.481 e. The summed E-state index contributed by atoms with van der Waals surface area (Å²) in [5.41, 5.74) is 0. The number of rotatable bonds is 9. The second-order valence-electron chi connectivity index (χ2n) is 3.85. The van der Waals surface area contributed by atoms with E-state index in [1.54, 1.807) is 0 Å². The van der Waals surface area contributed by atoms with Gasteiger partial charge in [-0.1, -0.05) is 13.3 Å². The van der Waals surface area contributed by atoms with Crippen molar-refractivity contribution in [2.45, 2.75) is 51.6 Å². The molecule has 0 heterocycles. The Labute approximate surface area is 95.9 Å². The molecule has 5 nitrogen and oxygen atoms in total. The zero-order valence-corrected chi connectivity index (χ0v) is 9.74. The Bertz CT molecular complexity index is 218. The highest BCUT2D eigenvalue weighted by molar-refractivity contribution is 5.75. The molecule has 0 rings (SSSR count). The summed E-state index contributed by atoms with van der Waals surface area (Å²) in [7, 11) is 0. The van der Waals surface area contributed by atoms with Crippen LogP contribution in [0.2, 0.25) is 0 Å². The highest BCUT2D eigenvalue weighted by Gasteiger charge is 2.06. The van der Waals surface area contributed by atoms with Crippen LogP contribution in [0.15, 0.2) is 0 Å². The third kappa shape index (κ3) is 9.45. The number of aliphatic hydroxyl groups excluding tert-OH is 1. The summed E-state index contributed by atoms with van der Waals surface area (Å²) in [5, 5.41) is 20.3. The van der Waals surface area contributed by atoms with Gasteiger partial charge in [0, 0.05) is 19.4 Å². The van der Waals surface area contributed by atoms with Crippen LogP contribution in [0.4, 0.5) is 0 Å². The van der Waals surface area contributed by atoms with Crippen molar-refractivity contribution in [2.75, 3.05) is 6.54 Å². The average Bonchev–Trinajstić information content (AvgIpc) is 2.22. The maximum absolute atomic E-state index is 11.2. The van der Waals surface area contributed by atoms with Crippen LogP contribution in [0.1, 0.15) is 45.4 Å². The number of hydrogen-bond donors (Lipinski definition) is 3. The van der Waals surface area contributed by atoms with Crippen molar-refractivity contribution in [3.05, 3.63) is 0 Å². The molecule has 0 spiro atoms. The standard InChI is InChI=1S/C11H21NO4/c1-2-5-9(13)8-12-10(14)6-3-4-7-11(15)16/h9,13H,2-8H2,1H3,(H,12,14)(H,15,16). The first kappa shape index (κ1) is 14.9. The molecular weight excluding hydrogens is 210 g/mol. The molecule has 1 atom stereocenters. The molecule has 0 radical (unpaired) electrons. The van der Waals surface area contributed by atoms with Gasteiger partial charge in [0.1, 0.15) is 0 Å². The van der Waals surface area contributed by atoms with Gasteiger partial charge in [-0.05, 0) is 19.3 Å². The largest absolute Gasteiger partial charge is 0.481 e. The van der Waals surface area contributed by atoms with Crippen molar-refractivity contribution in [3.63, 3.8) is 0 Å². The summed E-state index contributed by atoms with van der Waals surface area (Å²) >= 11 is 0. The van der Waals surface area contributed by atoms with Gasteiger partial charge in [0.05, 0.1) is 6.10 Å². The van der Waals surface area contributed by atoms with Crippen molar-refractivity contribution < 1.29 is 19.8 Å². The fourth-order valence-electron chi connectivity index (χ4n) is 1.32. The maximum Gasteiger partial charge on any atom is 0.303 e. The Morgan fingerprint density at radius 1 is 1.25 bits per heavy atom. The molecule has 94 valence electrons. The number of carboxylic acids is 1. The van der Waals surface area contributed by atoms with Crippen LogP contribution in [-0.4, -0.2) is 34.7 Å². The van der Waals surface area contributed by atoms with E-state index in [0.29, 0.717) is 25.7 Å². The molecule has 0 aromatic carbocycles. The van der Waals surface area contributed by atoms with Crippen LogP contribution >= 0.6 is 0 Å². The molecule has 1 amide bonds. The third-order valence-electron chi connectivity index (χ3n) is 2.20. The van der Waals surface area contributed by atoms with Gasteiger partial charge >= 0.3 is 5.97 Å². The van der Waals surface area contributed by atoms with Gasteiger partial charge in [-0.3, -0.25) is 9.59 Å². The van der Waals surface area contributed by atoms with Gasteiger partial charge in [-0.2, -0.15) is 0 Å². The minimum absolute atomic E-state index is 0.103. The molecule has 3 N–H and O–H groups in total. The van der Waals surface area contributed by atoms with Gasteiger partial charge in [-0.25, -0.2) is 0 Å². The molecule has 0 bridgehead atoms. The van der Waals surface area contributed by atoms with Crippen molar-refractivity contribution in [1.29, 1.82) is 0 Å². The van der Waals surface area contributed by atoms with Gasteiger partial charge < -0.3 is 15.5 Å². The van der Waals surface area contributed by atoms with E-state index in [9.17, 15) is 14.7 Å². The molecule has 0 fully saturated rings. The van der Waals surface area contributed by atoms with Crippen molar-refractivity contribution in [1.82, 2.24) is 5.32 Å². The molecule has 0 aliphatic rings. The van der Waals surface area contributed by atoms with Crippen LogP contribution in [0.5, 0.6) is 0 Å². The quantitative estimate of drug-likeness (QED) is 0.515. The second kappa shape index (κ2) is 9.15. The normalized spacial score (nSPS) is 12.1. The number of hydrogen-bond acceptors (Lipinski definition) is 3. The Balaban J connectivity index is 3.41. The lowest BCUT2D eigenvalue weighted by atomic mass is 10.2. The zero-order valence-electron chi connectivity index (χ0n) is 9.74. The van der Waals surface area contributed by atoms with Gasteiger partial charge in [0.25, 0.3) is 0 Å². The SMILES string of the molecule is CCCC(O)CNC(=O)CCCCC(=O)O. The summed E-state index contributed by atoms with van der Waals surface area (Å²) < 4.78 is 0. The number of amides is 1. The third-order valence-corrected chi connectivity index (χ3v) is 2.20. The summed E-state index contributed by atoms with van der Waals surface area (Å²) in [6.07, 6.45) is 2.60. The molecule has 0 saturated heterocycles. The van der Waals surface area contributed by atoms with Crippen LogP contribution < -0.4 is 5.32 Å². The van der Waals surface area contributed by atoms with Crippen molar-refractivity contribution in [3.8, 4) is 0 Å². The smallest absolute Gasteiger partial charge is 0.303 e. The molecule has 5 heteroatoms. The summed E-state index contributed by atoms with van der Waals surface area (Å²) in [4.78, 5) is 21.4. The Morgan fingerprint density at radius 3 is 2.44 bits per heavy atom. The van der Waals surface area contributed by atoms with E-state index in [4.69, 9.17) is 5.11 Å². The van der Waals surface area contributed by atoms with Crippen LogP contribution in [0.25, 0.3) is 0 Å². The monoisotopic (exact) mass is 231 g/mol. The lowest BCUT2D eigenvalue weighted by Gasteiger charge is -2.10. The van der Waals surface area contributed by atoms with Gasteiger partial charge in [-0.15, -0.1) is 0 Å². The number of nitrogens with one attached hydrogen (secondary N) is 1. The van der Waals surface area contributed by atoms with E-state index in [1.807, 2.05) is 6.92 Å². The van der Waals surface area contributed by atoms with E-state index in [0.717, 1.165) is 6.42 Å². The highest BCUT2D eigenvalue weighted by Crippen LogP contribution is 2.00. The highest BCUT2D eigenvalue weighted by atomic mass is 16.4. The topological polar surface area (TPSA) is 86.6 Å². The molecule has 1 unspecified atom stereocenters. The molecule has 16 heavy (non-hydrogen) atoms. The van der Waals surface area contributed by atoms with Crippen LogP contribution in [-0.2, 0) is 9.59 Å². The first-order valence-corrected chi connectivity index (χ1v) is 5.72. The molecule has 0 aromatic rings. The average molecular weight is 231 g/mol. The molecule has 0 saturated carbocycles. The number of carbonyl (C=O) groups is 2. The number of aliphatic hydroxyl groups is 1. The predicted octanol–water partition coefficient (Wildman–Crippen LogP) is 0.909. The Morgan fingerprint density at radius 2 is 1.88 bits per heavy atom. The number of carbonyl (C=O) groups excluding carboxylic acids is 1. The van der Waals surface area contributed by atoms with Crippen LogP contribution in [0, 0.1) is 0 Å². The number of carboxylic acid groups (broad SMARTS) is 1. The van der Waals surface area contributed by atoms with Crippen LogP contribution in [0.3, 0.4) is 0 Å². The minimum atomic E-state index is -0.834. The predicted molar refractivity (Wildman–Crippen MR) is 60.0 cm³/mol. The molecular formula is C11H21NO4. The van der Waals surface area contributed by atoms with E-state index in [1.165, 1.54) is 0 Å². The lowest BCUT2D eigenvalue weighted by Crippen LogP contribution is -2.31. The first-order valence-electron chi connectivity index (χ1n) is 5.72. The van der Waals surface area contributed by atoms with Gasteiger partial charge in [0.15, 0.2) is 0 Å². The van der Waals surface area contributed by atoms with Gasteiger partial charge in [0.2, 0.25) is 5.91 Å². The van der Waals surface area contributed by atoms with Crippen molar-refractivity contribution in [2.24, 2.45) is 0 Å². The first-order chi connectivity index (χ1) is 7.56. The fourth-order valence-corrected chi connectivity index (χ4v) is 1.32. The van der Waals surface area contributed by atoms with E-state index in [-0.39, 0.29) is 18.9 Å². The molecule has 0 aliphatic carbocycles.